The number of para-hydroxylation sites is 2. The van der Waals surface area contributed by atoms with Crippen LogP contribution in [0, 0.1) is 5.92 Å². The van der Waals surface area contributed by atoms with Crippen molar-refractivity contribution in [1.82, 2.24) is 24.8 Å². The quantitative estimate of drug-likeness (QED) is 0.185. The van der Waals surface area contributed by atoms with E-state index in [2.05, 4.69) is 99.3 Å². The topological polar surface area (TPSA) is 202 Å². The largest absolute Gasteiger partial charge is 0.479 e. The lowest BCUT2D eigenvalue weighted by Crippen LogP contribution is -2.39. The minimum atomic E-state index is -2.27. The van der Waals surface area contributed by atoms with Crippen LogP contribution in [0.2, 0.25) is 0 Å². The highest BCUT2D eigenvalue weighted by Crippen LogP contribution is 2.47. The van der Waals surface area contributed by atoms with Crippen LogP contribution in [0.4, 0.5) is 17.2 Å². The van der Waals surface area contributed by atoms with E-state index in [0.29, 0.717) is 22.9 Å². The molecule has 4 aromatic rings. The fraction of sp³-hybridized carbons (Fsp3) is 0.296. The van der Waals surface area contributed by atoms with Crippen molar-refractivity contribution in [2.75, 3.05) is 37.8 Å². The number of nitrogens with one attached hydrogen (secondary N) is 1. The lowest BCUT2D eigenvalue weighted by atomic mass is 10.1. The third-order valence-corrected chi connectivity index (χ3v) is 6.89. The summed E-state index contributed by atoms with van der Waals surface area (Å²) in [6.07, 6.45) is -1.61. The van der Waals surface area contributed by atoms with Crippen LogP contribution in [0.25, 0.3) is 11.2 Å². The summed E-state index contributed by atoms with van der Waals surface area (Å²) in [4.78, 5) is 41.4. The Balaban J connectivity index is 0.000000193. The van der Waals surface area contributed by atoms with E-state index in [1.807, 2.05) is 11.8 Å². The molecule has 0 bridgehead atoms. The van der Waals surface area contributed by atoms with E-state index in [0.717, 1.165) is 13.1 Å². The van der Waals surface area contributed by atoms with Gasteiger partial charge in [0.1, 0.15) is 11.8 Å². The number of carbonyl (C=O) groups is 2. The van der Waals surface area contributed by atoms with E-state index >= 15 is 0 Å². The molecule has 3 unspecified atom stereocenters. The zero-order chi connectivity index (χ0) is 30.1. The molecule has 218 valence electrons. The van der Waals surface area contributed by atoms with E-state index < -0.39 is 24.1 Å². The molecular weight excluding hydrogens is 550 g/mol. The van der Waals surface area contributed by atoms with Crippen molar-refractivity contribution >= 4 is 52.1 Å². The zero-order valence-electron chi connectivity index (χ0n) is 22.7. The number of aromatic amines is 1. The molecule has 0 fully saturated rings. The summed E-state index contributed by atoms with van der Waals surface area (Å²) in [6, 6.07) is 17.4. The maximum Gasteiger partial charge on any atom is 0.335 e. The maximum absolute atomic E-state index is 9.77. The number of aliphatic hydroxyl groups excluding tert-OH is 2. The smallest absolute Gasteiger partial charge is 0.335 e. The second-order valence-electron chi connectivity index (χ2n) is 9.44. The van der Waals surface area contributed by atoms with Crippen LogP contribution < -0.4 is 10.6 Å². The van der Waals surface area contributed by atoms with Gasteiger partial charge in [0.2, 0.25) is 0 Å². The molecule has 0 saturated heterocycles. The molecule has 0 amide bonds. The van der Waals surface area contributed by atoms with Crippen molar-refractivity contribution in [2.24, 2.45) is 5.92 Å². The van der Waals surface area contributed by atoms with Crippen molar-refractivity contribution in [2.45, 2.75) is 28.9 Å². The van der Waals surface area contributed by atoms with Crippen LogP contribution >= 0.6 is 11.8 Å². The fourth-order valence-electron chi connectivity index (χ4n) is 4.02. The minimum Gasteiger partial charge on any atom is -0.479 e. The second kappa shape index (κ2) is 14.4. The highest BCUT2D eigenvalue weighted by Gasteiger charge is 2.29. The Morgan fingerprint density at radius 2 is 1.49 bits per heavy atom. The van der Waals surface area contributed by atoms with Crippen LogP contribution in [0.15, 0.2) is 71.0 Å². The van der Waals surface area contributed by atoms with Crippen molar-refractivity contribution in [3.05, 3.63) is 61.2 Å². The van der Waals surface area contributed by atoms with Crippen LogP contribution in [0.3, 0.4) is 0 Å². The highest BCUT2D eigenvalue weighted by molar-refractivity contribution is 7.99. The van der Waals surface area contributed by atoms with Gasteiger partial charge in [-0.3, -0.25) is 0 Å². The predicted molar refractivity (Wildman–Crippen MR) is 155 cm³/mol. The summed E-state index contributed by atoms with van der Waals surface area (Å²) in [6.45, 7) is 4.48. The van der Waals surface area contributed by atoms with Crippen molar-refractivity contribution in [3.63, 3.8) is 0 Å². The number of carboxylic acid groups (broad SMARTS) is 2. The Kier molecular flexibility index (Phi) is 11.0. The Morgan fingerprint density at radius 3 is 1.98 bits per heavy atom. The van der Waals surface area contributed by atoms with Gasteiger partial charge < -0.3 is 40.9 Å². The lowest BCUT2D eigenvalue weighted by molar-refractivity contribution is -0.165. The molecule has 1 aliphatic heterocycles. The van der Waals surface area contributed by atoms with Gasteiger partial charge >= 0.3 is 11.9 Å². The molecule has 5 rings (SSSR count). The SMILES string of the molecule is CC(CN(C)C)CN1c2ccccc2Sc2ccccc21.Nc1ncnc2nc[nH]c12.O=C(O)C(O)C(O)C(=O)O. The number of imidazole rings is 1. The molecule has 0 spiro atoms. The summed E-state index contributed by atoms with van der Waals surface area (Å²) in [5.74, 6) is -2.49. The van der Waals surface area contributed by atoms with E-state index in [9.17, 15) is 9.59 Å². The molecule has 7 N–H and O–H groups in total. The number of hydrogen-bond acceptors (Lipinski definition) is 11. The Hall–Kier alpha value is -4.24. The summed E-state index contributed by atoms with van der Waals surface area (Å²) < 4.78 is 0. The first kappa shape index (κ1) is 31.3. The molecule has 41 heavy (non-hydrogen) atoms. The summed E-state index contributed by atoms with van der Waals surface area (Å²) in [5, 5.41) is 32.5. The molecule has 3 atom stereocenters. The Bertz CT molecular complexity index is 1400. The van der Waals surface area contributed by atoms with E-state index in [1.165, 1.54) is 33.8 Å². The van der Waals surface area contributed by atoms with Gasteiger partial charge in [0.05, 0.1) is 17.7 Å². The van der Waals surface area contributed by atoms with Gasteiger partial charge in [-0.25, -0.2) is 24.5 Å². The Morgan fingerprint density at radius 1 is 0.951 bits per heavy atom. The molecule has 0 saturated carbocycles. The minimum absolute atomic E-state index is 0.433. The van der Waals surface area contributed by atoms with Gasteiger partial charge in [-0.2, -0.15) is 0 Å². The number of aliphatic hydroxyl groups is 2. The normalized spacial score (nSPS) is 14.0. The van der Waals surface area contributed by atoms with Gasteiger partial charge in [0.15, 0.2) is 23.7 Å². The zero-order valence-corrected chi connectivity index (χ0v) is 23.6. The number of rotatable bonds is 7. The number of nitrogens with zero attached hydrogens (tertiary/aromatic N) is 5. The fourth-order valence-corrected chi connectivity index (χ4v) is 5.12. The lowest BCUT2D eigenvalue weighted by Gasteiger charge is -2.35. The molecule has 2 aromatic carbocycles. The number of fused-ring (bicyclic) bond motifs is 3. The average Bonchev–Trinajstić information content (AvgIpc) is 3.43. The number of carboxylic acids is 2. The molecule has 13 nitrogen and oxygen atoms in total. The van der Waals surface area contributed by atoms with Gasteiger partial charge in [-0.1, -0.05) is 43.0 Å². The van der Waals surface area contributed by atoms with Gasteiger partial charge in [0, 0.05) is 22.9 Å². The summed E-state index contributed by atoms with van der Waals surface area (Å²) >= 11 is 1.88. The first-order valence-electron chi connectivity index (χ1n) is 12.5. The van der Waals surface area contributed by atoms with Crippen LogP contribution in [-0.2, 0) is 9.59 Å². The molecule has 0 aliphatic carbocycles. The van der Waals surface area contributed by atoms with Gasteiger partial charge in [-0.05, 0) is 44.3 Å². The number of benzene rings is 2. The number of nitrogens with two attached hydrogens (primary N) is 1. The van der Waals surface area contributed by atoms with Gasteiger partial charge in [-0.15, -0.1) is 0 Å². The number of aromatic nitrogens is 4. The molecular formula is C27H33N7O6S. The molecule has 0 radical (unpaired) electrons. The van der Waals surface area contributed by atoms with E-state index in [-0.39, 0.29) is 0 Å². The first-order chi connectivity index (χ1) is 19.5. The number of anilines is 3. The van der Waals surface area contributed by atoms with E-state index in [1.54, 1.807) is 0 Å². The summed E-state index contributed by atoms with van der Waals surface area (Å²) in [5.41, 5.74) is 9.46. The predicted octanol–water partition coefficient (Wildman–Crippen LogP) is 2.30. The number of hydrogen-bond donors (Lipinski definition) is 6. The van der Waals surface area contributed by atoms with E-state index in [4.69, 9.17) is 26.2 Å². The van der Waals surface area contributed by atoms with Gasteiger partial charge in [0.25, 0.3) is 0 Å². The maximum atomic E-state index is 9.77. The Labute approximate surface area is 240 Å². The third-order valence-electron chi connectivity index (χ3n) is 5.76. The van der Waals surface area contributed by atoms with Crippen LogP contribution in [0.1, 0.15) is 6.92 Å². The molecule has 3 heterocycles. The first-order valence-corrected chi connectivity index (χ1v) is 13.3. The number of nitrogen functional groups attached to an aromatic ring is 1. The van der Waals surface area contributed by atoms with Crippen molar-refractivity contribution in [1.29, 1.82) is 0 Å². The molecule has 1 aliphatic rings. The van der Waals surface area contributed by atoms with Crippen LogP contribution in [-0.4, -0.2) is 96.6 Å². The summed E-state index contributed by atoms with van der Waals surface area (Å²) in [7, 11) is 4.29. The monoisotopic (exact) mass is 583 g/mol. The molecule has 2 aromatic heterocycles. The number of aliphatic carboxylic acids is 2. The van der Waals surface area contributed by atoms with Crippen molar-refractivity contribution in [3.8, 4) is 0 Å². The average molecular weight is 584 g/mol. The third kappa shape index (κ3) is 8.38. The highest BCUT2D eigenvalue weighted by atomic mass is 32.2. The number of H-pyrrole nitrogens is 1. The van der Waals surface area contributed by atoms with Crippen LogP contribution in [0.5, 0.6) is 0 Å². The second-order valence-corrected chi connectivity index (χ2v) is 10.5. The van der Waals surface area contributed by atoms with Crippen molar-refractivity contribution < 1.29 is 30.0 Å². The molecule has 14 heteroatoms. The standard InChI is InChI=1S/C18H22N2S.C5H5N5.C4H6O6/c1-14(12-19(2)3)13-20-15-8-4-6-10-17(15)21-18-11-7-5-9-16(18)20;6-4-3-5(9-1-7-3)10-2-8-4;5-1(3(7)8)2(6)4(9)10/h4-11,14H,12-13H2,1-3H3;1-2H,(H3,6,7,8,9,10);1-2,5-6H,(H,7,8)(H,9,10).